The Kier molecular flexibility index (Phi) is 5.48. The smallest absolute Gasteiger partial charge is 0.318 e. The molecule has 2 aromatic carbocycles. The van der Waals surface area contributed by atoms with Crippen LogP contribution in [0.1, 0.15) is 28.1 Å². The highest BCUT2D eigenvalue weighted by Gasteiger charge is 2.37. The van der Waals surface area contributed by atoms with Gasteiger partial charge in [-0.3, -0.25) is 14.9 Å². The van der Waals surface area contributed by atoms with Gasteiger partial charge in [0.15, 0.2) is 0 Å². The van der Waals surface area contributed by atoms with E-state index in [-0.39, 0.29) is 5.57 Å². The fourth-order valence-electron chi connectivity index (χ4n) is 3.92. The lowest BCUT2D eigenvalue weighted by Crippen LogP contribution is -2.54. The summed E-state index contributed by atoms with van der Waals surface area (Å²) in [6.07, 6.45) is 1.54. The summed E-state index contributed by atoms with van der Waals surface area (Å²) >= 11 is 5.92. The zero-order valence-electron chi connectivity index (χ0n) is 18.2. The summed E-state index contributed by atoms with van der Waals surface area (Å²) in [5.41, 5.74) is 6.18. The third-order valence-corrected chi connectivity index (χ3v) is 6.03. The van der Waals surface area contributed by atoms with Crippen molar-refractivity contribution in [1.29, 1.82) is 0 Å². The van der Waals surface area contributed by atoms with E-state index in [1.807, 2.05) is 32.0 Å². The molecule has 6 nitrogen and oxygen atoms in total. The number of halogens is 1. The van der Waals surface area contributed by atoms with Crippen molar-refractivity contribution in [3.8, 4) is 5.69 Å². The fraction of sp³-hybridized carbons (Fsp3) is 0.160. The van der Waals surface area contributed by atoms with E-state index in [1.54, 1.807) is 24.3 Å². The molecule has 0 spiro atoms. The highest BCUT2D eigenvalue weighted by Crippen LogP contribution is 2.28. The number of amides is 4. The molecular formula is C25H22ClN3O3. The van der Waals surface area contributed by atoms with E-state index in [2.05, 4.69) is 29.8 Å². The number of nitrogens with zero attached hydrogens (tertiary/aromatic N) is 2. The molecule has 32 heavy (non-hydrogen) atoms. The molecule has 0 aliphatic carbocycles. The second-order valence-electron chi connectivity index (χ2n) is 7.82. The van der Waals surface area contributed by atoms with Crippen LogP contribution in [0, 0.1) is 27.7 Å². The van der Waals surface area contributed by atoms with Crippen LogP contribution < -0.4 is 10.2 Å². The van der Waals surface area contributed by atoms with Crippen LogP contribution >= 0.6 is 11.6 Å². The minimum atomic E-state index is -0.791. The Bertz CT molecular complexity index is 1300. The maximum absolute atomic E-state index is 13.1. The number of nitrogens with one attached hydrogen (secondary N) is 1. The van der Waals surface area contributed by atoms with Gasteiger partial charge in [0.05, 0.1) is 5.69 Å². The van der Waals surface area contributed by atoms with E-state index in [9.17, 15) is 14.4 Å². The van der Waals surface area contributed by atoms with Gasteiger partial charge in [0.25, 0.3) is 11.8 Å². The standard InChI is InChI=1S/C25H22ClN3O3/c1-14-6-5-7-22(16(14)3)28-15(2)12-18(17(28)4)13-21-23(30)27-25(32)29(24(21)31)20-10-8-19(26)9-11-20/h5-13H,1-4H3,(H,27,30,32)/b21-13+. The monoisotopic (exact) mass is 447 g/mol. The van der Waals surface area contributed by atoms with Crippen molar-refractivity contribution in [1.82, 2.24) is 9.88 Å². The van der Waals surface area contributed by atoms with Gasteiger partial charge in [0.1, 0.15) is 5.57 Å². The zero-order valence-corrected chi connectivity index (χ0v) is 18.9. The summed E-state index contributed by atoms with van der Waals surface area (Å²) in [6, 6.07) is 13.5. The average Bonchev–Trinajstić information content (AvgIpc) is 3.01. The van der Waals surface area contributed by atoms with Crippen molar-refractivity contribution < 1.29 is 14.4 Å². The number of barbiturate groups is 1. The van der Waals surface area contributed by atoms with Crippen molar-refractivity contribution in [2.24, 2.45) is 0 Å². The number of imide groups is 2. The predicted molar refractivity (Wildman–Crippen MR) is 125 cm³/mol. The molecular weight excluding hydrogens is 426 g/mol. The average molecular weight is 448 g/mol. The summed E-state index contributed by atoms with van der Waals surface area (Å²) in [5.74, 6) is -1.40. The number of hydrogen-bond donors (Lipinski definition) is 1. The molecule has 1 aliphatic heterocycles. The number of urea groups is 1. The first-order valence-corrected chi connectivity index (χ1v) is 10.5. The van der Waals surface area contributed by atoms with Gasteiger partial charge < -0.3 is 4.57 Å². The van der Waals surface area contributed by atoms with E-state index in [1.165, 1.54) is 11.6 Å². The molecule has 0 bridgehead atoms. The molecule has 2 heterocycles. The Morgan fingerprint density at radius 2 is 1.62 bits per heavy atom. The van der Waals surface area contributed by atoms with Gasteiger partial charge in [-0.15, -0.1) is 0 Å². The number of aromatic nitrogens is 1. The van der Waals surface area contributed by atoms with E-state index in [0.717, 1.165) is 33.1 Å². The lowest BCUT2D eigenvalue weighted by atomic mass is 10.1. The summed E-state index contributed by atoms with van der Waals surface area (Å²) in [5, 5.41) is 2.73. The third-order valence-electron chi connectivity index (χ3n) is 5.77. The van der Waals surface area contributed by atoms with Crippen molar-refractivity contribution in [2.75, 3.05) is 4.90 Å². The topological polar surface area (TPSA) is 71.4 Å². The molecule has 162 valence electrons. The van der Waals surface area contributed by atoms with Crippen LogP contribution in [0.4, 0.5) is 10.5 Å². The number of benzene rings is 2. The van der Waals surface area contributed by atoms with Gasteiger partial charge in [-0.1, -0.05) is 23.7 Å². The minimum absolute atomic E-state index is 0.110. The number of aryl methyl sites for hydroxylation is 2. The maximum Gasteiger partial charge on any atom is 0.335 e. The summed E-state index contributed by atoms with van der Waals surface area (Å²) in [6.45, 7) is 8.04. The number of anilines is 1. The quantitative estimate of drug-likeness (QED) is 0.452. The van der Waals surface area contributed by atoms with E-state index < -0.39 is 17.8 Å². The van der Waals surface area contributed by atoms with Crippen LogP contribution in [0.15, 0.2) is 54.1 Å². The molecule has 4 rings (SSSR count). The van der Waals surface area contributed by atoms with Gasteiger partial charge in [0.2, 0.25) is 0 Å². The molecule has 0 unspecified atom stereocenters. The van der Waals surface area contributed by atoms with Crippen molar-refractivity contribution in [2.45, 2.75) is 27.7 Å². The molecule has 0 radical (unpaired) electrons. The predicted octanol–water partition coefficient (Wildman–Crippen LogP) is 5.03. The Balaban J connectivity index is 1.78. The number of rotatable bonds is 3. The molecule has 1 N–H and O–H groups in total. The van der Waals surface area contributed by atoms with Crippen LogP contribution in [0.3, 0.4) is 0 Å². The molecule has 1 aliphatic rings. The largest absolute Gasteiger partial charge is 0.335 e. The van der Waals surface area contributed by atoms with Gasteiger partial charge in [-0.05, 0) is 86.9 Å². The number of carbonyl (C=O) groups excluding carboxylic acids is 3. The minimum Gasteiger partial charge on any atom is -0.318 e. The van der Waals surface area contributed by atoms with E-state index >= 15 is 0 Å². The first kappa shape index (κ1) is 21.6. The lowest BCUT2D eigenvalue weighted by Gasteiger charge is -2.26. The van der Waals surface area contributed by atoms with Gasteiger partial charge in [-0.25, -0.2) is 9.69 Å². The summed E-state index contributed by atoms with van der Waals surface area (Å²) in [7, 11) is 0. The molecule has 1 saturated heterocycles. The summed E-state index contributed by atoms with van der Waals surface area (Å²) in [4.78, 5) is 39.0. The Morgan fingerprint density at radius 3 is 2.31 bits per heavy atom. The molecule has 7 heteroatoms. The number of hydrogen-bond acceptors (Lipinski definition) is 3. The SMILES string of the molecule is Cc1cccc(-n2c(C)cc(/C=C3\C(=O)NC(=O)N(c4ccc(Cl)cc4)C3=O)c2C)c1C. The van der Waals surface area contributed by atoms with E-state index in [4.69, 9.17) is 11.6 Å². The van der Waals surface area contributed by atoms with Crippen LogP contribution in [-0.2, 0) is 9.59 Å². The van der Waals surface area contributed by atoms with Crippen LogP contribution in [-0.4, -0.2) is 22.4 Å². The van der Waals surface area contributed by atoms with Crippen molar-refractivity contribution >= 4 is 41.2 Å². The maximum atomic E-state index is 13.1. The molecule has 0 atom stereocenters. The molecule has 3 aromatic rings. The van der Waals surface area contributed by atoms with Crippen LogP contribution in [0.2, 0.25) is 5.02 Å². The Labute approximate surface area is 191 Å². The molecule has 1 fully saturated rings. The first-order chi connectivity index (χ1) is 15.2. The molecule has 4 amide bonds. The molecule has 0 saturated carbocycles. The van der Waals surface area contributed by atoms with Crippen molar-refractivity contribution in [3.63, 3.8) is 0 Å². The first-order valence-electron chi connectivity index (χ1n) is 10.1. The Hall–Kier alpha value is -3.64. The van der Waals surface area contributed by atoms with E-state index in [0.29, 0.717) is 10.7 Å². The number of carbonyl (C=O) groups is 3. The normalized spacial score (nSPS) is 15.5. The zero-order chi connectivity index (χ0) is 23.2. The van der Waals surface area contributed by atoms with Gasteiger partial charge in [0, 0.05) is 22.1 Å². The van der Waals surface area contributed by atoms with Crippen LogP contribution in [0.5, 0.6) is 0 Å². The van der Waals surface area contributed by atoms with Gasteiger partial charge >= 0.3 is 6.03 Å². The van der Waals surface area contributed by atoms with Crippen LogP contribution in [0.25, 0.3) is 11.8 Å². The third kappa shape index (κ3) is 3.63. The lowest BCUT2D eigenvalue weighted by molar-refractivity contribution is -0.122. The fourth-order valence-corrected chi connectivity index (χ4v) is 4.05. The second-order valence-corrected chi connectivity index (χ2v) is 8.25. The van der Waals surface area contributed by atoms with Crippen molar-refractivity contribution in [3.05, 3.63) is 87.2 Å². The highest BCUT2D eigenvalue weighted by atomic mass is 35.5. The molecule has 1 aromatic heterocycles. The van der Waals surface area contributed by atoms with Gasteiger partial charge in [-0.2, -0.15) is 0 Å². The summed E-state index contributed by atoms with van der Waals surface area (Å²) < 4.78 is 2.10. The highest BCUT2D eigenvalue weighted by molar-refractivity contribution is 6.39. The second kappa shape index (κ2) is 8.13. The Morgan fingerprint density at radius 1 is 0.938 bits per heavy atom.